The van der Waals surface area contributed by atoms with E-state index in [1.165, 1.54) is 16.9 Å². The first-order valence-electron chi connectivity index (χ1n) is 6.66. The molecule has 0 radical (unpaired) electrons. The Labute approximate surface area is 114 Å². The Kier molecular flexibility index (Phi) is 3.46. The Hall–Kier alpha value is -2.28. The van der Waals surface area contributed by atoms with Gasteiger partial charge in [0.15, 0.2) is 0 Å². The van der Waals surface area contributed by atoms with Gasteiger partial charge in [-0.15, -0.1) is 0 Å². The monoisotopic (exact) mass is 247 g/mol. The molecule has 1 nitrogen and oxygen atoms in total. The molecule has 0 bridgehead atoms. The standard InChI is InChI=1S/C18H17N/c1-3-9-16(10-4-1)15-19(18-13-7-8-14-18)17-11-5-2-6-12-17/h1-13H,14-15H2. The second-order valence-corrected chi connectivity index (χ2v) is 4.70. The smallest absolute Gasteiger partial charge is 0.0478 e. The van der Waals surface area contributed by atoms with E-state index >= 15 is 0 Å². The van der Waals surface area contributed by atoms with E-state index in [2.05, 4.69) is 83.8 Å². The lowest BCUT2D eigenvalue weighted by atomic mass is 10.1. The quantitative estimate of drug-likeness (QED) is 0.766. The molecule has 3 rings (SSSR count). The van der Waals surface area contributed by atoms with Crippen molar-refractivity contribution in [3.8, 4) is 0 Å². The predicted octanol–water partition coefficient (Wildman–Crippen LogP) is 4.54. The van der Waals surface area contributed by atoms with Crippen molar-refractivity contribution in [1.29, 1.82) is 0 Å². The molecule has 0 fully saturated rings. The van der Waals surface area contributed by atoms with Gasteiger partial charge in [-0.3, -0.25) is 0 Å². The fourth-order valence-electron chi connectivity index (χ4n) is 2.37. The molecule has 1 aliphatic carbocycles. The van der Waals surface area contributed by atoms with E-state index < -0.39 is 0 Å². The summed E-state index contributed by atoms with van der Waals surface area (Å²) >= 11 is 0. The van der Waals surface area contributed by atoms with Gasteiger partial charge < -0.3 is 4.90 Å². The van der Waals surface area contributed by atoms with Crippen molar-refractivity contribution in [3.63, 3.8) is 0 Å². The molecule has 94 valence electrons. The minimum Gasteiger partial charge on any atom is -0.340 e. The van der Waals surface area contributed by atoms with Crippen LogP contribution >= 0.6 is 0 Å². The van der Waals surface area contributed by atoms with Crippen LogP contribution in [0.25, 0.3) is 0 Å². The predicted molar refractivity (Wildman–Crippen MR) is 80.9 cm³/mol. The highest BCUT2D eigenvalue weighted by molar-refractivity contribution is 5.54. The maximum Gasteiger partial charge on any atom is 0.0478 e. The van der Waals surface area contributed by atoms with E-state index in [0.717, 1.165) is 13.0 Å². The number of para-hydroxylation sites is 1. The van der Waals surface area contributed by atoms with Crippen LogP contribution in [-0.2, 0) is 6.54 Å². The lowest BCUT2D eigenvalue weighted by molar-refractivity contribution is 0.893. The first kappa shape index (κ1) is 11.8. The third kappa shape index (κ3) is 2.76. The van der Waals surface area contributed by atoms with Crippen molar-refractivity contribution in [3.05, 3.63) is 90.2 Å². The number of rotatable bonds is 4. The summed E-state index contributed by atoms with van der Waals surface area (Å²) in [6.45, 7) is 0.915. The molecule has 0 atom stereocenters. The Morgan fingerprint density at radius 3 is 2.16 bits per heavy atom. The van der Waals surface area contributed by atoms with Crippen LogP contribution in [0.1, 0.15) is 12.0 Å². The zero-order chi connectivity index (χ0) is 12.9. The lowest BCUT2D eigenvalue weighted by Crippen LogP contribution is -2.20. The van der Waals surface area contributed by atoms with Crippen LogP contribution in [0.5, 0.6) is 0 Å². The van der Waals surface area contributed by atoms with E-state index in [9.17, 15) is 0 Å². The zero-order valence-corrected chi connectivity index (χ0v) is 10.9. The summed E-state index contributed by atoms with van der Waals surface area (Å²) < 4.78 is 0. The van der Waals surface area contributed by atoms with E-state index in [4.69, 9.17) is 0 Å². The number of hydrogen-bond acceptors (Lipinski definition) is 1. The molecule has 0 saturated heterocycles. The summed E-state index contributed by atoms with van der Waals surface area (Å²) in [6, 6.07) is 21.2. The van der Waals surface area contributed by atoms with E-state index in [1.807, 2.05) is 0 Å². The van der Waals surface area contributed by atoms with Gasteiger partial charge in [-0.05, 0) is 23.8 Å². The van der Waals surface area contributed by atoms with Gasteiger partial charge in [0.05, 0.1) is 0 Å². The molecule has 19 heavy (non-hydrogen) atoms. The third-order valence-electron chi connectivity index (χ3n) is 3.35. The summed E-state index contributed by atoms with van der Waals surface area (Å²) in [7, 11) is 0. The third-order valence-corrected chi connectivity index (χ3v) is 3.35. The summed E-state index contributed by atoms with van der Waals surface area (Å²) in [6.07, 6.45) is 7.56. The minimum atomic E-state index is 0.915. The highest BCUT2D eigenvalue weighted by atomic mass is 15.1. The van der Waals surface area contributed by atoms with Gasteiger partial charge in [-0.2, -0.15) is 0 Å². The Morgan fingerprint density at radius 1 is 0.842 bits per heavy atom. The van der Waals surface area contributed by atoms with Crippen molar-refractivity contribution in [2.45, 2.75) is 13.0 Å². The van der Waals surface area contributed by atoms with Crippen LogP contribution in [0, 0.1) is 0 Å². The van der Waals surface area contributed by atoms with Gasteiger partial charge in [0, 0.05) is 24.4 Å². The zero-order valence-electron chi connectivity index (χ0n) is 10.9. The average molecular weight is 247 g/mol. The Bertz CT molecular complexity index is 582. The van der Waals surface area contributed by atoms with E-state index in [0.29, 0.717) is 0 Å². The molecule has 2 aromatic carbocycles. The topological polar surface area (TPSA) is 3.24 Å². The normalized spacial score (nSPS) is 13.4. The maximum atomic E-state index is 2.38. The van der Waals surface area contributed by atoms with Crippen molar-refractivity contribution < 1.29 is 0 Å². The van der Waals surface area contributed by atoms with Crippen molar-refractivity contribution in [2.75, 3.05) is 4.90 Å². The van der Waals surface area contributed by atoms with Crippen molar-refractivity contribution >= 4 is 5.69 Å². The molecule has 1 heteroatoms. The molecule has 0 amide bonds. The van der Waals surface area contributed by atoms with Gasteiger partial charge >= 0.3 is 0 Å². The SMILES string of the molecule is C1=CCC(N(Cc2ccccc2)c2ccccc2)=C1. The molecule has 0 unspecified atom stereocenters. The molecule has 2 aromatic rings. The van der Waals surface area contributed by atoms with Crippen LogP contribution in [0.15, 0.2) is 84.6 Å². The van der Waals surface area contributed by atoms with Crippen LogP contribution < -0.4 is 4.90 Å². The number of hydrogen-bond donors (Lipinski definition) is 0. The van der Waals surface area contributed by atoms with Crippen LogP contribution in [0.4, 0.5) is 5.69 Å². The minimum absolute atomic E-state index is 0.915. The molecule has 1 aliphatic rings. The summed E-state index contributed by atoms with van der Waals surface area (Å²) in [4.78, 5) is 2.38. The molecular weight excluding hydrogens is 230 g/mol. The highest BCUT2D eigenvalue weighted by Gasteiger charge is 2.12. The van der Waals surface area contributed by atoms with E-state index in [-0.39, 0.29) is 0 Å². The summed E-state index contributed by atoms with van der Waals surface area (Å²) in [5.74, 6) is 0. The lowest BCUT2D eigenvalue weighted by Gasteiger charge is -2.26. The maximum absolute atomic E-state index is 2.38. The van der Waals surface area contributed by atoms with Crippen LogP contribution in [-0.4, -0.2) is 0 Å². The summed E-state index contributed by atoms with van der Waals surface area (Å²) in [5, 5.41) is 0. The number of anilines is 1. The fourth-order valence-corrected chi connectivity index (χ4v) is 2.37. The summed E-state index contributed by atoms with van der Waals surface area (Å²) in [5.41, 5.74) is 3.94. The number of allylic oxidation sites excluding steroid dienone is 3. The van der Waals surface area contributed by atoms with Crippen molar-refractivity contribution in [1.82, 2.24) is 0 Å². The highest BCUT2D eigenvalue weighted by Crippen LogP contribution is 2.26. The van der Waals surface area contributed by atoms with Crippen LogP contribution in [0.3, 0.4) is 0 Å². The number of nitrogens with zero attached hydrogens (tertiary/aromatic N) is 1. The number of benzene rings is 2. The second-order valence-electron chi connectivity index (χ2n) is 4.70. The molecule has 0 aliphatic heterocycles. The molecule has 0 N–H and O–H groups in total. The van der Waals surface area contributed by atoms with E-state index in [1.54, 1.807) is 0 Å². The Balaban J connectivity index is 1.89. The molecule has 0 spiro atoms. The largest absolute Gasteiger partial charge is 0.340 e. The van der Waals surface area contributed by atoms with Gasteiger partial charge in [0.1, 0.15) is 0 Å². The second kappa shape index (κ2) is 5.57. The first-order valence-corrected chi connectivity index (χ1v) is 6.66. The average Bonchev–Trinajstić information content (AvgIpc) is 3.01. The molecular formula is C18H17N. The van der Waals surface area contributed by atoms with Crippen LogP contribution in [0.2, 0.25) is 0 Å². The van der Waals surface area contributed by atoms with Crippen molar-refractivity contribution in [2.24, 2.45) is 0 Å². The van der Waals surface area contributed by atoms with Gasteiger partial charge in [0.2, 0.25) is 0 Å². The van der Waals surface area contributed by atoms with Gasteiger partial charge in [-0.25, -0.2) is 0 Å². The fraction of sp³-hybridized carbons (Fsp3) is 0.111. The van der Waals surface area contributed by atoms with Gasteiger partial charge in [-0.1, -0.05) is 60.7 Å². The first-order chi connectivity index (χ1) is 9.43. The molecule has 0 aromatic heterocycles. The van der Waals surface area contributed by atoms with Gasteiger partial charge in [0.25, 0.3) is 0 Å². The molecule has 0 saturated carbocycles. The molecule has 0 heterocycles. The Morgan fingerprint density at radius 2 is 1.53 bits per heavy atom.